The molecule has 0 saturated carbocycles. The molecule has 2 aromatic carbocycles. The van der Waals surface area contributed by atoms with Gasteiger partial charge in [0.25, 0.3) is 5.91 Å². The van der Waals surface area contributed by atoms with Crippen LogP contribution < -0.4 is 5.32 Å². The van der Waals surface area contributed by atoms with E-state index in [2.05, 4.69) is 5.32 Å². The van der Waals surface area contributed by atoms with Crippen LogP contribution in [0.25, 0.3) is 0 Å². The molecule has 24 heavy (non-hydrogen) atoms. The molecule has 0 aliphatic rings. The summed E-state index contributed by atoms with van der Waals surface area (Å²) in [4.78, 5) is 22.9. The Morgan fingerprint density at radius 2 is 1.67 bits per heavy atom. The molecular formula is C17H17NO5S. The lowest BCUT2D eigenvalue weighted by molar-refractivity contribution is 0.0696. The second kappa shape index (κ2) is 7.27. The Labute approximate surface area is 140 Å². The molecule has 0 bridgehead atoms. The molecule has 0 radical (unpaired) electrons. The first-order valence-corrected chi connectivity index (χ1v) is 9.18. The maximum absolute atomic E-state index is 12.2. The van der Waals surface area contributed by atoms with Gasteiger partial charge in [0.1, 0.15) is 0 Å². The van der Waals surface area contributed by atoms with Gasteiger partial charge in [0.05, 0.1) is 11.3 Å². The lowest BCUT2D eigenvalue weighted by Gasteiger charge is -2.07. The number of benzene rings is 2. The van der Waals surface area contributed by atoms with E-state index in [0.717, 1.165) is 11.8 Å². The molecule has 7 heteroatoms. The monoisotopic (exact) mass is 347 g/mol. The topological polar surface area (TPSA) is 101 Å². The van der Waals surface area contributed by atoms with Gasteiger partial charge in [-0.1, -0.05) is 24.3 Å². The zero-order chi connectivity index (χ0) is 17.7. The third-order valence-corrected chi connectivity index (χ3v) is 4.13. The summed E-state index contributed by atoms with van der Waals surface area (Å²) in [6.45, 7) is 0.245. The lowest BCUT2D eigenvalue weighted by atomic mass is 10.1. The number of carboxylic acid groups (broad SMARTS) is 1. The van der Waals surface area contributed by atoms with Crippen molar-refractivity contribution in [1.82, 2.24) is 5.32 Å². The van der Waals surface area contributed by atoms with E-state index in [1.54, 1.807) is 36.4 Å². The predicted octanol–water partition coefficient (Wildman–Crippen LogP) is 1.86. The van der Waals surface area contributed by atoms with Gasteiger partial charge in [0.15, 0.2) is 9.84 Å². The molecule has 0 heterocycles. The number of carbonyl (C=O) groups excluding carboxylic acids is 1. The molecule has 0 saturated heterocycles. The summed E-state index contributed by atoms with van der Waals surface area (Å²) in [5.74, 6) is -1.45. The highest BCUT2D eigenvalue weighted by Crippen LogP contribution is 2.10. The summed E-state index contributed by atoms with van der Waals surface area (Å²) in [6.07, 6.45) is 1.14. The molecule has 0 aromatic heterocycles. The highest BCUT2D eigenvalue weighted by Gasteiger charge is 2.09. The Morgan fingerprint density at radius 1 is 1.00 bits per heavy atom. The summed E-state index contributed by atoms with van der Waals surface area (Å²) in [5, 5.41) is 11.6. The molecule has 2 rings (SSSR count). The Kier molecular flexibility index (Phi) is 5.35. The minimum absolute atomic E-state index is 0.120. The number of hydrogen-bond donors (Lipinski definition) is 2. The van der Waals surface area contributed by atoms with Crippen molar-refractivity contribution < 1.29 is 23.1 Å². The summed E-state index contributed by atoms with van der Waals surface area (Å²) in [6, 6.07) is 12.6. The number of aromatic carboxylic acids is 1. The average Bonchev–Trinajstić information content (AvgIpc) is 2.51. The Balaban J connectivity index is 2.02. The van der Waals surface area contributed by atoms with E-state index in [1.165, 1.54) is 12.1 Å². The van der Waals surface area contributed by atoms with E-state index in [-0.39, 0.29) is 23.8 Å². The second-order valence-electron chi connectivity index (χ2n) is 5.46. The number of carbonyl (C=O) groups is 2. The molecule has 0 fully saturated rings. The predicted molar refractivity (Wildman–Crippen MR) is 89.6 cm³/mol. The number of sulfone groups is 1. The number of hydrogen-bond acceptors (Lipinski definition) is 4. The Hall–Kier alpha value is -2.67. The molecule has 2 aromatic rings. The SMILES string of the molecule is CS(=O)(=O)Cc1cccc(C(=O)NCc2ccc(C(=O)O)cc2)c1. The molecule has 126 valence electrons. The fraction of sp³-hybridized carbons (Fsp3) is 0.176. The van der Waals surface area contributed by atoms with Gasteiger partial charge in [0.2, 0.25) is 0 Å². The first-order valence-electron chi connectivity index (χ1n) is 7.12. The smallest absolute Gasteiger partial charge is 0.335 e. The molecule has 0 aliphatic carbocycles. The molecule has 0 atom stereocenters. The van der Waals surface area contributed by atoms with Crippen molar-refractivity contribution in [2.24, 2.45) is 0 Å². The summed E-state index contributed by atoms with van der Waals surface area (Å²) < 4.78 is 22.7. The van der Waals surface area contributed by atoms with Crippen LogP contribution >= 0.6 is 0 Å². The lowest BCUT2D eigenvalue weighted by Crippen LogP contribution is -2.23. The number of rotatable bonds is 6. The van der Waals surface area contributed by atoms with Crippen LogP contribution in [0.5, 0.6) is 0 Å². The van der Waals surface area contributed by atoms with E-state index in [1.807, 2.05) is 0 Å². The van der Waals surface area contributed by atoms with Gasteiger partial charge >= 0.3 is 5.97 Å². The highest BCUT2D eigenvalue weighted by molar-refractivity contribution is 7.89. The molecule has 2 N–H and O–H groups in total. The van der Waals surface area contributed by atoms with E-state index < -0.39 is 15.8 Å². The average molecular weight is 347 g/mol. The quantitative estimate of drug-likeness (QED) is 0.831. The Morgan fingerprint density at radius 3 is 2.25 bits per heavy atom. The van der Waals surface area contributed by atoms with E-state index in [4.69, 9.17) is 5.11 Å². The van der Waals surface area contributed by atoms with Gasteiger partial charge < -0.3 is 10.4 Å². The fourth-order valence-electron chi connectivity index (χ4n) is 2.15. The third kappa shape index (κ3) is 5.20. The molecule has 0 spiro atoms. The first-order chi connectivity index (χ1) is 11.2. The van der Waals surface area contributed by atoms with Crippen molar-refractivity contribution in [3.8, 4) is 0 Å². The normalized spacial score (nSPS) is 11.0. The van der Waals surface area contributed by atoms with Crippen LogP contribution in [0, 0.1) is 0 Å². The first kappa shape index (κ1) is 17.7. The maximum atomic E-state index is 12.2. The van der Waals surface area contributed by atoms with Gasteiger partial charge in [0, 0.05) is 18.4 Å². The molecular weight excluding hydrogens is 330 g/mol. The minimum atomic E-state index is -3.17. The van der Waals surface area contributed by atoms with E-state index in [0.29, 0.717) is 11.1 Å². The molecule has 0 unspecified atom stereocenters. The van der Waals surface area contributed by atoms with Crippen LogP contribution in [0.15, 0.2) is 48.5 Å². The zero-order valence-corrected chi connectivity index (χ0v) is 13.8. The minimum Gasteiger partial charge on any atom is -0.478 e. The molecule has 6 nitrogen and oxygen atoms in total. The highest BCUT2D eigenvalue weighted by atomic mass is 32.2. The van der Waals surface area contributed by atoms with Gasteiger partial charge in [-0.05, 0) is 35.4 Å². The fourth-order valence-corrected chi connectivity index (χ4v) is 2.94. The van der Waals surface area contributed by atoms with Gasteiger partial charge in [-0.2, -0.15) is 0 Å². The second-order valence-corrected chi connectivity index (χ2v) is 7.60. The van der Waals surface area contributed by atoms with E-state index in [9.17, 15) is 18.0 Å². The Bertz CT molecular complexity index is 857. The van der Waals surface area contributed by atoms with Crippen LogP contribution in [0.3, 0.4) is 0 Å². The number of nitrogens with one attached hydrogen (secondary N) is 1. The third-order valence-electron chi connectivity index (χ3n) is 3.27. The summed E-state index contributed by atoms with van der Waals surface area (Å²) in [5.41, 5.74) is 1.87. The summed E-state index contributed by atoms with van der Waals surface area (Å²) >= 11 is 0. The largest absolute Gasteiger partial charge is 0.478 e. The molecule has 0 aliphatic heterocycles. The number of carboxylic acids is 1. The van der Waals surface area contributed by atoms with Crippen LogP contribution in [-0.2, 0) is 22.1 Å². The zero-order valence-electron chi connectivity index (χ0n) is 13.0. The van der Waals surface area contributed by atoms with Crippen LogP contribution in [-0.4, -0.2) is 31.7 Å². The van der Waals surface area contributed by atoms with Crippen molar-refractivity contribution in [1.29, 1.82) is 0 Å². The van der Waals surface area contributed by atoms with Crippen LogP contribution in [0.2, 0.25) is 0 Å². The standard InChI is InChI=1S/C17H17NO5S/c1-24(22,23)11-13-3-2-4-15(9-13)16(19)18-10-12-5-7-14(8-6-12)17(20)21/h2-9H,10-11H2,1H3,(H,18,19)(H,20,21). The summed E-state index contributed by atoms with van der Waals surface area (Å²) in [7, 11) is -3.17. The van der Waals surface area contributed by atoms with Crippen LogP contribution in [0.1, 0.15) is 31.8 Å². The number of amides is 1. The van der Waals surface area contributed by atoms with Crippen molar-refractivity contribution in [2.75, 3.05) is 6.26 Å². The van der Waals surface area contributed by atoms with Crippen LogP contribution in [0.4, 0.5) is 0 Å². The van der Waals surface area contributed by atoms with Crippen molar-refractivity contribution in [3.05, 3.63) is 70.8 Å². The van der Waals surface area contributed by atoms with Crippen molar-refractivity contribution in [2.45, 2.75) is 12.3 Å². The van der Waals surface area contributed by atoms with Crippen molar-refractivity contribution >= 4 is 21.7 Å². The van der Waals surface area contributed by atoms with Gasteiger partial charge in [-0.15, -0.1) is 0 Å². The van der Waals surface area contributed by atoms with Gasteiger partial charge in [-0.3, -0.25) is 4.79 Å². The van der Waals surface area contributed by atoms with E-state index >= 15 is 0 Å². The maximum Gasteiger partial charge on any atom is 0.335 e. The van der Waals surface area contributed by atoms with Gasteiger partial charge in [-0.25, -0.2) is 13.2 Å². The van der Waals surface area contributed by atoms with Crippen molar-refractivity contribution in [3.63, 3.8) is 0 Å². The molecule has 1 amide bonds.